The van der Waals surface area contributed by atoms with Gasteiger partial charge in [0.1, 0.15) is 11.6 Å². The molecule has 1 heterocycles. The largest absolute Gasteiger partial charge is 0.481 e. The highest BCUT2D eigenvalue weighted by atomic mass is 32.1. The van der Waals surface area contributed by atoms with Crippen LogP contribution in [0.2, 0.25) is 0 Å². The molecule has 1 aromatic carbocycles. The molecule has 0 spiro atoms. The molecule has 0 aliphatic heterocycles. The maximum Gasteiger partial charge on any atom is 0.367 e. The van der Waals surface area contributed by atoms with Crippen molar-refractivity contribution in [3.8, 4) is 0 Å². The minimum atomic E-state index is -1.10. The minimum absolute atomic E-state index is 0.0411. The van der Waals surface area contributed by atoms with Crippen LogP contribution in [0.15, 0.2) is 24.3 Å². The second kappa shape index (κ2) is 6.83. The molecule has 0 radical (unpaired) electrons. The number of rotatable bonds is 6. The van der Waals surface area contributed by atoms with Gasteiger partial charge in [0.15, 0.2) is 0 Å². The Balaban J connectivity index is 1.99. The molecule has 2 rings (SSSR count). The zero-order chi connectivity index (χ0) is 17.0. The molecule has 0 saturated carbocycles. The molecule has 1 aromatic heterocycles. The number of carboxylic acids is 1. The van der Waals surface area contributed by atoms with Gasteiger partial charge in [0.2, 0.25) is 5.01 Å². The summed E-state index contributed by atoms with van der Waals surface area (Å²) in [6, 6.07) is 5.54. The van der Waals surface area contributed by atoms with Gasteiger partial charge in [-0.3, -0.25) is 14.9 Å². The number of anilines is 1. The Hall–Kier alpha value is -3.01. The molecule has 23 heavy (non-hydrogen) atoms. The predicted molar refractivity (Wildman–Crippen MR) is 80.1 cm³/mol. The van der Waals surface area contributed by atoms with E-state index in [2.05, 4.69) is 4.98 Å². The van der Waals surface area contributed by atoms with Gasteiger partial charge < -0.3 is 15.6 Å². The first-order valence-corrected chi connectivity index (χ1v) is 7.06. The monoisotopic (exact) mass is 337 g/mol. The quantitative estimate of drug-likeness (QED) is 0.459. The molecular weight excluding hydrogens is 326 g/mol. The SMILES string of the molecule is Nc1sc(C(=O)OCc2ccc([N+](=O)[O-])cc2)nc1CC(=O)O. The fourth-order valence-corrected chi connectivity index (χ4v) is 2.39. The Kier molecular flexibility index (Phi) is 4.86. The first kappa shape index (κ1) is 16.4. The summed E-state index contributed by atoms with van der Waals surface area (Å²) in [6.45, 7) is -0.0927. The lowest BCUT2D eigenvalue weighted by Crippen LogP contribution is -2.06. The van der Waals surface area contributed by atoms with Gasteiger partial charge in [-0.2, -0.15) is 0 Å². The van der Waals surface area contributed by atoms with E-state index in [9.17, 15) is 19.7 Å². The number of aromatic nitrogens is 1. The predicted octanol–water partition coefficient (Wildman–Crippen LogP) is 1.62. The number of carboxylic acid groups (broad SMARTS) is 1. The number of nitrogens with two attached hydrogens (primary N) is 1. The van der Waals surface area contributed by atoms with E-state index in [1.807, 2.05) is 0 Å². The van der Waals surface area contributed by atoms with Gasteiger partial charge in [0.05, 0.1) is 17.0 Å². The third-order valence-corrected chi connectivity index (χ3v) is 3.64. The fourth-order valence-electron chi connectivity index (χ4n) is 1.65. The molecule has 120 valence electrons. The number of non-ortho nitro benzene ring substituents is 1. The average Bonchev–Trinajstić information content (AvgIpc) is 2.85. The van der Waals surface area contributed by atoms with Gasteiger partial charge in [0, 0.05) is 12.1 Å². The van der Waals surface area contributed by atoms with Crippen molar-refractivity contribution in [3.63, 3.8) is 0 Å². The van der Waals surface area contributed by atoms with Crippen molar-refractivity contribution in [1.29, 1.82) is 0 Å². The Morgan fingerprint density at radius 2 is 2.00 bits per heavy atom. The number of hydrogen-bond acceptors (Lipinski definition) is 8. The number of carbonyl (C=O) groups is 2. The molecule has 2 aromatic rings. The first-order chi connectivity index (χ1) is 10.9. The van der Waals surface area contributed by atoms with Crippen LogP contribution >= 0.6 is 11.3 Å². The Morgan fingerprint density at radius 3 is 2.57 bits per heavy atom. The number of nitrogens with zero attached hydrogens (tertiary/aromatic N) is 2. The van der Waals surface area contributed by atoms with Crippen molar-refractivity contribution in [2.24, 2.45) is 0 Å². The van der Waals surface area contributed by atoms with Crippen LogP contribution in [0.1, 0.15) is 21.1 Å². The number of nitro groups is 1. The standard InChI is InChI=1S/C13H11N3O6S/c14-11-9(5-10(17)18)15-12(23-11)13(19)22-6-7-1-3-8(4-2-7)16(20)21/h1-4H,5-6,14H2,(H,17,18). The van der Waals surface area contributed by atoms with Crippen LogP contribution in [0.25, 0.3) is 0 Å². The summed E-state index contributed by atoms with van der Waals surface area (Å²) in [7, 11) is 0. The summed E-state index contributed by atoms with van der Waals surface area (Å²) >= 11 is 0.845. The molecule has 0 aliphatic rings. The zero-order valence-electron chi connectivity index (χ0n) is 11.6. The van der Waals surface area contributed by atoms with Crippen LogP contribution in [0.3, 0.4) is 0 Å². The second-order valence-corrected chi connectivity index (χ2v) is 5.43. The molecule has 0 saturated heterocycles. The van der Waals surface area contributed by atoms with Gasteiger partial charge in [-0.05, 0) is 17.7 Å². The zero-order valence-corrected chi connectivity index (χ0v) is 12.4. The summed E-state index contributed by atoms with van der Waals surface area (Å²) in [6.07, 6.45) is -0.377. The Morgan fingerprint density at radius 1 is 1.35 bits per heavy atom. The molecule has 9 nitrogen and oxygen atoms in total. The molecular formula is C13H11N3O6S. The smallest absolute Gasteiger partial charge is 0.367 e. The van der Waals surface area contributed by atoms with Crippen molar-refractivity contribution in [3.05, 3.63) is 50.6 Å². The lowest BCUT2D eigenvalue weighted by Gasteiger charge is -2.02. The van der Waals surface area contributed by atoms with E-state index in [0.717, 1.165) is 11.3 Å². The maximum atomic E-state index is 11.9. The number of esters is 1. The van der Waals surface area contributed by atoms with E-state index in [1.54, 1.807) is 0 Å². The van der Waals surface area contributed by atoms with Gasteiger partial charge in [-0.25, -0.2) is 9.78 Å². The lowest BCUT2D eigenvalue weighted by molar-refractivity contribution is -0.384. The number of nitro benzene ring substituents is 1. The normalized spacial score (nSPS) is 10.3. The molecule has 0 fully saturated rings. The van der Waals surface area contributed by atoms with Crippen molar-refractivity contribution >= 4 is 34.0 Å². The molecule has 0 atom stereocenters. The topological polar surface area (TPSA) is 146 Å². The van der Waals surface area contributed by atoms with Crippen molar-refractivity contribution in [2.45, 2.75) is 13.0 Å². The number of ether oxygens (including phenoxy) is 1. The number of aliphatic carboxylic acids is 1. The second-order valence-electron chi connectivity index (χ2n) is 4.40. The van der Waals surface area contributed by atoms with Crippen LogP contribution in [-0.2, 0) is 22.6 Å². The van der Waals surface area contributed by atoms with Gasteiger partial charge in [-0.15, -0.1) is 0 Å². The minimum Gasteiger partial charge on any atom is -0.481 e. The summed E-state index contributed by atoms with van der Waals surface area (Å²) in [5, 5.41) is 19.3. The Labute approximate surface area is 133 Å². The highest BCUT2D eigenvalue weighted by Crippen LogP contribution is 2.22. The fraction of sp³-hybridized carbons (Fsp3) is 0.154. The number of carbonyl (C=O) groups excluding carboxylic acids is 1. The number of benzene rings is 1. The summed E-state index contributed by atoms with van der Waals surface area (Å²) in [4.78, 5) is 36.3. The average molecular weight is 337 g/mol. The molecule has 0 bridgehead atoms. The molecule has 0 unspecified atom stereocenters. The van der Waals surface area contributed by atoms with Crippen molar-refractivity contribution in [1.82, 2.24) is 4.98 Å². The van der Waals surface area contributed by atoms with Gasteiger partial charge in [0.25, 0.3) is 5.69 Å². The van der Waals surface area contributed by atoms with Crippen LogP contribution in [0, 0.1) is 10.1 Å². The van der Waals surface area contributed by atoms with Crippen LogP contribution in [-0.4, -0.2) is 27.0 Å². The van der Waals surface area contributed by atoms with E-state index in [-0.39, 0.29) is 34.4 Å². The molecule has 10 heteroatoms. The highest BCUT2D eigenvalue weighted by Gasteiger charge is 2.18. The van der Waals surface area contributed by atoms with E-state index in [4.69, 9.17) is 15.6 Å². The van der Waals surface area contributed by atoms with Crippen molar-refractivity contribution < 1.29 is 24.4 Å². The summed E-state index contributed by atoms with van der Waals surface area (Å²) < 4.78 is 5.02. The van der Waals surface area contributed by atoms with E-state index in [0.29, 0.717) is 5.56 Å². The Bertz CT molecular complexity index is 756. The first-order valence-electron chi connectivity index (χ1n) is 6.24. The third-order valence-electron chi connectivity index (χ3n) is 2.74. The molecule has 3 N–H and O–H groups in total. The summed E-state index contributed by atoms with van der Waals surface area (Å²) in [5.74, 6) is -1.84. The van der Waals surface area contributed by atoms with E-state index >= 15 is 0 Å². The van der Waals surface area contributed by atoms with Crippen molar-refractivity contribution in [2.75, 3.05) is 5.73 Å². The third kappa shape index (κ3) is 4.23. The van der Waals surface area contributed by atoms with Crippen LogP contribution in [0.5, 0.6) is 0 Å². The highest BCUT2D eigenvalue weighted by molar-refractivity contribution is 7.17. The number of thiazole rings is 1. The molecule has 0 amide bonds. The van der Waals surface area contributed by atoms with Gasteiger partial charge in [-0.1, -0.05) is 11.3 Å². The summed E-state index contributed by atoms with van der Waals surface area (Å²) in [5.41, 5.74) is 6.22. The van der Waals surface area contributed by atoms with E-state index in [1.165, 1.54) is 24.3 Å². The van der Waals surface area contributed by atoms with Crippen LogP contribution in [0.4, 0.5) is 10.7 Å². The van der Waals surface area contributed by atoms with E-state index < -0.39 is 16.9 Å². The maximum absolute atomic E-state index is 11.9. The van der Waals surface area contributed by atoms with Crippen LogP contribution < -0.4 is 5.73 Å². The number of hydrogen-bond donors (Lipinski definition) is 2. The number of nitrogen functional groups attached to an aromatic ring is 1. The lowest BCUT2D eigenvalue weighted by atomic mass is 10.2. The van der Waals surface area contributed by atoms with Gasteiger partial charge >= 0.3 is 11.9 Å². The molecule has 0 aliphatic carbocycles.